The minimum Gasteiger partial charge on any atom is -0.497 e. The molecule has 0 saturated carbocycles. The van der Waals surface area contributed by atoms with Gasteiger partial charge in [-0.2, -0.15) is 13.2 Å². The predicted octanol–water partition coefficient (Wildman–Crippen LogP) is 8.80. The maximum atomic E-state index is 17.7. The zero-order valence-corrected chi connectivity index (χ0v) is 37.5. The summed E-state index contributed by atoms with van der Waals surface area (Å²) >= 11 is 0. The second kappa shape index (κ2) is 16.4. The lowest BCUT2D eigenvalue weighted by Crippen LogP contribution is -2.65. The van der Waals surface area contributed by atoms with Crippen LogP contribution in [0, 0.1) is 24.4 Å². The number of hydrogen-bond acceptors (Lipinski definition) is 12. The van der Waals surface area contributed by atoms with Gasteiger partial charge in [0.15, 0.2) is 17.5 Å². The Bertz CT molecular complexity index is 2760. The number of piperazine rings is 1. The molecule has 0 spiro atoms. The lowest BCUT2D eigenvalue weighted by Gasteiger charge is -2.48. The van der Waals surface area contributed by atoms with E-state index in [1.54, 1.807) is 86.0 Å². The van der Waals surface area contributed by atoms with Crippen LogP contribution in [0.25, 0.3) is 22.2 Å². The Morgan fingerprint density at radius 3 is 1.98 bits per heavy atom. The molecule has 13 nitrogen and oxygen atoms in total. The van der Waals surface area contributed by atoms with Gasteiger partial charge in [0.05, 0.1) is 43.5 Å². The van der Waals surface area contributed by atoms with Gasteiger partial charge < -0.3 is 28.7 Å². The van der Waals surface area contributed by atoms with Crippen molar-refractivity contribution in [3.05, 3.63) is 88.2 Å². The molecule has 5 heterocycles. The third-order valence-corrected chi connectivity index (χ3v) is 12.7. The van der Waals surface area contributed by atoms with Crippen LogP contribution >= 0.6 is 0 Å². The van der Waals surface area contributed by atoms with Gasteiger partial charge in [0.1, 0.15) is 51.3 Å². The first-order valence-electron chi connectivity index (χ1n) is 20.7. The van der Waals surface area contributed by atoms with Crippen LogP contribution in [0.15, 0.2) is 53.7 Å². The summed E-state index contributed by atoms with van der Waals surface area (Å²) in [5.74, 6) is -4.74. The lowest BCUT2D eigenvalue weighted by molar-refractivity contribution is -0.137. The Labute approximate surface area is 371 Å². The third-order valence-electron chi connectivity index (χ3n) is 11.9. The minimum atomic E-state index is -5.48. The molecule has 3 aliphatic rings. The van der Waals surface area contributed by atoms with E-state index in [1.807, 2.05) is 0 Å². The summed E-state index contributed by atoms with van der Waals surface area (Å²) in [6.45, 7) is 7.13. The van der Waals surface area contributed by atoms with E-state index in [2.05, 4.69) is 15.0 Å². The molecule has 20 heteroatoms. The lowest BCUT2D eigenvalue weighted by atomic mass is 9.94. The number of hydrogen-bond donors (Lipinski definition) is 0. The van der Waals surface area contributed by atoms with Crippen molar-refractivity contribution < 1.29 is 58.5 Å². The average molecular weight is 929 g/mol. The molecule has 3 aliphatic heterocycles. The van der Waals surface area contributed by atoms with Crippen molar-refractivity contribution in [3.63, 3.8) is 0 Å². The summed E-state index contributed by atoms with van der Waals surface area (Å²) in [6, 6.07) is 11.0. The molecule has 2 fully saturated rings. The Hall–Kier alpha value is -6.05. The topological polar surface area (TPSA) is 137 Å². The number of amides is 1. The quantitative estimate of drug-likeness (QED) is 0.103. The molecule has 0 N–H and O–H groups in total. The van der Waals surface area contributed by atoms with Crippen molar-refractivity contribution in [2.45, 2.75) is 102 Å². The number of carbonyl (C=O) groups excluding carboxylic acids is 1. The van der Waals surface area contributed by atoms with Gasteiger partial charge in [0.2, 0.25) is 20.9 Å². The highest BCUT2D eigenvalue weighted by molar-refractivity contribution is 7.90. The van der Waals surface area contributed by atoms with Crippen LogP contribution in [0.2, 0.25) is 0 Å². The zero-order valence-electron chi connectivity index (χ0n) is 36.7. The minimum absolute atomic E-state index is 0.0534. The molecule has 3 aromatic carbocycles. The van der Waals surface area contributed by atoms with Crippen molar-refractivity contribution in [2.24, 2.45) is 0 Å². The molecule has 8 rings (SSSR count). The normalized spacial score (nSPS) is 19.4. The number of fused-ring (bicyclic) bond motifs is 5. The van der Waals surface area contributed by atoms with Crippen LogP contribution in [0.3, 0.4) is 0 Å². The Morgan fingerprint density at radius 2 is 1.46 bits per heavy atom. The fourth-order valence-corrected chi connectivity index (χ4v) is 9.63. The summed E-state index contributed by atoms with van der Waals surface area (Å²) in [7, 11) is -1.45. The van der Waals surface area contributed by atoms with Crippen LogP contribution in [0.5, 0.6) is 17.4 Å². The van der Waals surface area contributed by atoms with Crippen LogP contribution in [0.1, 0.15) is 62.8 Å². The summed E-state index contributed by atoms with van der Waals surface area (Å²) in [6.07, 6.45) is -5.31. The van der Waals surface area contributed by atoms with Gasteiger partial charge in [0, 0.05) is 25.9 Å². The molecule has 2 saturated heterocycles. The van der Waals surface area contributed by atoms with E-state index in [1.165, 1.54) is 19.1 Å². The van der Waals surface area contributed by atoms with Crippen molar-refractivity contribution in [1.29, 1.82) is 0 Å². The molecule has 1 amide bonds. The highest BCUT2D eigenvalue weighted by atomic mass is 32.2. The summed E-state index contributed by atoms with van der Waals surface area (Å²) in [5.41, 5.74) is -7.24. The Kier molecular flexibility index (Phi) is 11.5. The molecule has 0 radical (unpaired) electrons. The first-order chi connectivity index (χ1) is 30.5. The van der Waals surface area contributed by atoms with E-state index >= 15 is 26.3 Å². The highest BCUT2D eigenvalue weighted by Crippen LogP contribution is 2.50. The molecule has 65 heavy (non-hydrogen) atoms. The third kappa shape index (κ3) is 8.29. The second-order valence-electron chi connectivity index (χ2n) is 17.5. The van der Waals surface area contributed by atoms with Gasteiger partial charge in [0.25, 0.3) is 0 Å². The SMILES string of the molecule is COc1ccc(CN(Cc2ccc(OC)cc2)c2c(F)c(C)c(C(F)(F)F)c(-c3nc4c5c(nc(S(C)(=O)=O)nc5c3F)N3C[C@H]5CC[C@@H]([C@H]3[C@H](C)O4)N5C(=O)OC(C)(C)C)c2F)cc1. The Balaban J connectivity index is 1.36. The smallest absolute Gasteiger partial charge is 0.417 e. The van der Waals surface area contributed by atoms with E-state index in [-0.39, 0.29) is 30.8 Å². The number of ether oxygens (including phenoxy) is 4. The van der Waals surface area contributed by atoms with Crippen molar-refractivity contribution >= 4 is 38.3 Å². The number of nitrogens with zero attached hydrogens (tertiary/aromatic N) is 6. The van der Waals surface area contributed by atoms with Crippen LogP contribution < -0.4 is 24.0 Å². The molecule has 4 atom stereocenters. The van der Waals surface area contributed by atoms with Crippen molar-refractivity contribution in [1.82, 2.24) is 19.9 Å². The summed E-state index contributed by atoms with van der Waals surface area (Å²) in [4.78, 5) is 30.7. The average Bonchev–Trinajstić information content (AvgIpc) is 3.48. The Morgan fingerprint density at radius 1 is 0.877 bits per heavy atom. The number of carbonyl (C=O) groups is 1. The number of methoxy groups -OCH3 is 2. The number of halogens is 6. The van der Waals surface area contributed by atoms with E-state index < -0.39 is 114 Å². The highest BCUT2D eigenvalue weighted by Gasteiger charge is 2.54. The zero-order chi connectivity index (χ0) is 47.1. The number of benzene rings is 3. The van der Waals surface area contributed by atoms with E-state index in [4.69, 9.17) is 18.9 Å². The van der Waals surface area contributed by atoms with Crippen molar-refractivity contribution in [2.75, 3.05) is 36.8 Å². The number of sulfone groups is 1. The fraction of sp³-hybridized carbons (Fsp3) is 0.422. The van der Waals surface area contributed by atoms with Crippen molar-refractivity contribution in [3.8, 4) is 28.6 Å². The standard InChI is InChI=1S/C45H46F6N6O7S/c1-22-32(45(49,50)51)30(34(47)39(33(22)46)55(19-24-9-14-27(61-6)15-10-24)20-25-11-16-28(62-7)17-12-25)36-35(48)37-31-40(54-42(53-37)65(8,59)60)56-21-26-13-18-29(38(56)23(2)63-41(31)52-36)57(26)43(58)64-44(3,4)5/h9-12,14-17,23,26,29,38H,13,18-21H2,1-8H3/t23-,26+,29-,38+/m0/s1. The number of rotatable bonds is 9. The molecular formula is C45H46F6N6O7S. The molecular weight excluding hydrogens is 883 g/mol. The van der Waals surface area contributed by atoms with Gasteiger partial charge in [-0.25, -0.2) is 41.3 Å². The van der Waals surface area contributed by atoms with Crippen LogP contribution in [-0.2, 0) is 33.8 Å². The van der Waals surface area contributed by atoms with Gasteiger partial charge in [-0.05, 0) is 88.4 Å². The van der Waals surface area contributed by atoms with E-state index in [0.29, 0.717) is 35.5 Å². The monoisotopic (exact) mass is 928 g/mol. The van der Waals surface area contributed by atoms with Gasteiger partial charge in [-0.15, -0.1) is 0 Å². The maximum Gasteiger partial charge on any atom is 0.417 e. The summed E-state index contributed by atoms with van der Waals surface area (Å²) < 4.78 is 147. The van der Waals surface area contributed by atoms with Crippen LogP contribution in [-0.4, -0.2) is 91.2 Å². The number of alkyl halides is 3. The molecule has 0 aliphatic carbocycles. The van der Waals surface area contributed by atoms with Gasteiger partial charge in [-0.3, -0.25) is 4.90 Å². The molecule has 2 bridgehead atoms. The van der Waals surface area contributed by atoms with Crippen LogP contribution in [0.4, 0.5) is 42.6 Å². The maximum absolute atomic E-state index is 17.7. The fourth-order valence-electron chi connectivity index (χ4n) is 9.12. The van der Waals surface area contributed by atoms with Gasteiger partial charge in [-0.1, -0.05) is 24.3 Å². The second-order valence-corrected chi connectivity index (χ2v) is 19.4. The first kappa shape index (κ1) is 45.5. The first-order valence-corrected chi connectivity index (χ1v) is 22.6. The molecule has 346 valence electrons. The summed E-state index contributed by atoms with van der Waals surface area (Å²) in [5, 5.41) is -1.17. The number of aromatic nitrogens is 3. The van der Waals surface area contributed by atoms with E-state index in [9.17, 15) is 13.2 Å². The predicted molar refractivity (Wildman–Crippen MR) is 227 cm³/mol. The molecule has 2 aromatic heterocycles. The van der Waals surface area contributed by atoms with Gasteiger partial charge >= 0.3 is 12.3 Å². The largest absolute Gasteiger partial charge is 0.497 e. The number of anilines is 2. The number of pyridine rings is 1. The molecule has 5 aromatic rings. The molecule has 0 unspecified atom stereocenters. The van der Waals surface area contributed by atoms with E-state index in [0.717, 1.165) is 13.2 Å².